The van der Waals surface area contributed by atoms with Crippen LogP contribution in [0.25, 0.3) is 0 Å². The maximum Gasteiger partial charge on any atom is 0.307 e. The summed E-state index contributed by atoms with van der Waals surface area (Å²) in [7, 11) is 0. The molecule has 1 N–H and O–H groups in total. The van der Waals surface area contributed by atoms with E-state index in [1.807, 2.05) is 9.80 Å². The van der Waals surface area contributed by atoms with Crippen LogP contribution in [-0.2, 0) is 14.4 Å². The van der Waals surface area contributed by atoms with Gasteiger partial charge in [0.05, 0.1) is 11.8 Å². The first-order chi connectivity index (χ1) is 11.5. The lowest BCUT2D eigenvalue weighted by atomic mass is 9.90. The first kappa shape index (κ1) is 15.9. The average molecular weight is 334 g/mol. The van der Waals surface area contributed by atoms with Crippen LogP contribution in [0, 0.1) is 23.2 Å². The predicted octanol–water partition coefficient (Wildman–Crippen LogP) is 1.35. The monoisotopic (exact) mass is 334 g/mol. The molecule has 4 aliphatic rings. The Labute approximate surface area is 142 Å². The summed E-state index contributed by atoms with van der Waals surface area (Å²) < 4.78 is 0. The lowest BCUT2D eigenvalue weighted by Crippen LogP contribution is -2.42. The lowest BCUT2D eigenvalue weighted by Gasteiger charge is -2.34. The van der Waals surface area contributed by atoms with Crippen LogP contribution in [-0.4, -0.2) is 58.9 Å². The van der Waals surface area contributed by atoms with Crippen LogP contribution < -0.4 is 0 Å². The summed E-state index contributed by atoms with van der Waals surface area (Å²) in [6.45, 7) is 3.19. The van der Waals surface area contributed by atoms with Gasteiger partial charge in [0, 0.05) is 32.1 Å². The number of carbonyl (C=O) groups excluding carboxylic acids is 2. The average Bonchev–Trinajstić information content (AvgIpc) is 3.50. The minimum absolute atomic E-state index is 0.0109. The van der Waals surface area contributed by atoms with Crippen molar-refractivity contribution < 1.29 is 19.5 Å². The molecule has 0 radical (unpaired) electrons. The van der Waals surface area contributed by atoms with Crippen molar-refractivity contribution in [3.05, 3.63) is 0 Å². The van der Waals surface area contributed by atoms with Crippen molar-refractivity contribution in [2.24, 2.45) is 23.2 Å². The number of likely N-dealkylation sites (tertiary alicyclic amines) is 2. The number of carbonyl (C=O) groups is 3. The Bertz CT molecular complexity index is 561. The first-order valence-electron chi connectivity index (χ1n) is 9.32. The van der Waals surface area contributed by atoms with Gasteiger partial charge in [0.25, 0.3) is 0 Å². The highest BCUT2D eigenvalue weighted by molar-refractivity contribution is 5.89. The van der Waals surface area contributed by atoms with Gasteiger partial charge >= 0.3 is 5.97 Å². The van der Waals surface area contributed by atoms with Crippen molar-refractivity contribution in [2.75, 3.05) is 26.2 Å². The van der Waals surface area contributed by atoms with Crippen molar-refractivity contribution in [3.8, 4) is 0 Å². The van der Waals surface area contributed by atoms with E-state index in [0.717, 1.165) is 45.2 Å². The Balaban J connectivity index is 1.28. The molecule has 0 bridgehead atoms. The van der Waals surface area contributed by atoms with Crippen molar-refractivity contribution in [3.63, 3.8) is 0 Å². The molecule has 0 aromatic carbocycles. The second kappa shape index (κ2) is 5.74. The zero-order valence-corrected chi connectivity index (χ0v) is 14.1. The van der Waals surface area contributed by atoms with Crippen molar-refractivity contribution in [1.82, 2.24) is 9.80 Å². The van der Waals surface area contributed by atoms with Crippen LogP contribution in [0.5, 0.6) is 0 Å². The van der Waals surface area contributed by atoms with Crippen LogP contribution in [0.4, 0.5) is 0 Å². The molecule has 6 heteroatoms. The van der Waals surface area contributed by atoms with Crippen LogP contribution in [0.15, 0.2) is 0 Å². The number of piperidine rings is 2. The smallest absolute Gasteiger partial charge is 0.307 e. The first-order valence-corrected chi connectivity index (χ1v) is 9.32. The van der Waals surface area contributed by atoms with Crippen LogP contribution >= 0.6 is 0 Å². The molecule has 24 heavy (non-hydrogen) atoms. The van der Waals surface area contributed by atoms with Crippen LogP contribution in [0.2, 0.25) is 0 Å². The minimum Gasteiger partial charge on any atom is -0.481 e. The van der Waals surface area contributed by atoms with Gasteiger partial charge in [-0.15, -0.1) is 0 Å². The molecule has 4 rings (SSSR count). The van der Waals surface area contributed by atoms with Crippen LogP contribution in [0.3, 0.4) is 0 Å². The number of hydrogen-bond acceptors (Lipinski definition) is 3. The van der Waals surface area contributed by atoms with E-state index >= 15 is 0 Å². The van der Waals surface area contributed by atoms with E-state index in [-0.39, 0.29) is 23.2 Å². The highest BCUT2D eigenvalue weighted by Crippen LogP contribution is 2.60. The number of aliphatic carboxylic acids is 1. The largest absolute Gasteiger partial charge is 0.481 e. The Morgan fingerprint density at radius 3 is 2.04 bits per heavy atom. The predicted molar refractivity (Wildman–Crippen MR) is 86.0 cm³/mol. The summed E-state index contributed by atoms with van der Waals surface area (Å²) in [6.07, 6.45) is 6.74. The minimum atomic E-state index is -0.851. The van der Waals surface area contributed by atoms with E-state index in [9.17, 15) is 14.4 Å². The van der Waals surface area contributed by atoms with Crippen molar-refractivity contribution >= 4 is 17.8 Å². The topological polar surface area (TPSA) is 77.9 Å². The highest BCUT2D eigenvalue weighted by atomic mass is 16.4. The zero-order valence-electron chi connectivity index (χ0n) is 14.1. The van der Waals surface area contributed by atoms with E-state index in [2.05, 4.69) is 0 Å². The van der Waals surface area contributed by atoms with Gasteiger partial charge < -0.3 is 14.9 Å². The molecule has 4 fully saturated rings. The summed E-state index contributed by atoms with van der Waals surface area (Å²) in [5.74, 6) is -1.11. The fourth-order valence-corrected chi connectivity index (χ4v) is 4.73. The summed E-state index contributed by atoms with van der Waals surface area (Å²) in [4.78, 5) is 39.8. The molecule has 6 nitrogen and oxygen atoms in total. The van der Waals surface area contributed by atoms with Gasteiger partial charge in [-0.3, -0.25) is 14.4 Å². The number of hydrogen-bond donors (Lipinski definition) is 1. The van der Waals surface area contributed by atoms with Crippen LogP contribution in [0.1, 0.15) is 44.9 Å². The normalized spacial score (nSPS) is 34.1. The van der Waals surface area contributed by atoms with E-state index in [4.69, 9.17) is 5.11 Å². The molecule has 2 saturated heterocycles. The molecule has 3 atom stereocenters. The number of amides is 2. The Hall–Kier alpha value is -1.59. The molecule has 0 aromatic heterocycles. The molecule has 2 aliphatic carbocycles. The number of rotatable bonds is 3. The SMILES string of the molecule is O=C(O)C1CC1C(=O)N1CCC2(CC1)CC2C(=O)N1CCCCC1. The molecule has 2 amide bonds. The second-order valence-corrected chi connectivity index (χ2v) is 8.12. The summed E-state index contributed by atoms with van der Waals surface area (Å²) >= 11 is 0. The molecule has 1 spiro atoms. The Kier molecular flexibility index (Phi) is 3.81. The van der Waals surface area contributed by atoms with Crippen molar-refractivity contribution in [2.45, 2.75) is 44.9 Å². The third-order valence-corrected chi connectivity index (χ3v) is 6.65. The van der Waals surface area contributed by atoms with E-state index < -0.39 is 11.9 Å². The fraction of sp³-hybridized carbons (Fsp3) is 0.833. The second-order valence-electron chi connectivity index (χ2n) is 8.12. The maximum absolute atomic E-state index is 12.7. The van der Waals surface area contributed by atoms with Crippen molar-refractivity contribution in [1.29, 1.82) is 0 Å². The molecule has 2 aliphatic heterocycles. The molecule has 2 saturated carbocycles. The van der Waals surface area contributed by atoms with Gasteiger partial charge in [-0.05, 0) is 50.4 Å². The molecule has 3 unspecified atom stereocenters. The lowest BCUT2D eigenvalue weighted by molar-refractivity contribution is -0.142. The van der Waals surface area contributed by atoms with Gasteiger partial charge in [0.2, 0.25) is 11.8 Å². The number of nitrogens with zero attached hydrogens (tertiary/aromatic N) is 2. The van der Waals surface area contributed by atoms with E-state index in [0.29, 0.717) is 25.4 Å². The van der Waals surface area contributed by atoms with Gasteiger partial charge in [-0.1, -0.05) is 0 Å². The summed E-state index contributed by atoms with van der Waals surface area (Å²) in [5, 5.41) is 8.97. The molecule has 2 heterocycles. The molecule has 0 aromatic rings. The van der Waals surface area contributed by atoms with E-state index in [1.54, 1.807) is 0 Å². The number of carboxylic acids is 1. The standard InChI is InChI=1S/C18H26N2O4/c21-15(12-10-13(12)17(23)24)20-8-4-18(5-9-20)11-14(18)16(22)19-6-2-1-3-7-19/h12-14H,1-11H2,(H,23,24). The molecular weight excluding hydrogens is 308 g/mol. The van der Waals surface area contributed by atoms with Gasteiger partial charge in [0.1, 0.15) is 0 Å². The highest BCUT2D eigenvalue weighted by Gasteiger charge is 2.60. The van der Waals surface area contributed by atoms with E-state index in [1.165, 1.54) is 6.42 Å². The Morgan fingerprint density at radius 1 is 0.833 bits per heavy atom. The zero-order chi connectivity index (χ0) is 16.9. The quantitative estimate of drug-likeness (QED) is 0.845. The van der Waals surface area contributed by atoms with Gasteiger partial charge in [-0.25, -0.2) is 0 Å². The fourth-order valence-electron chi connectivity index (χ4n) is 4.73. The third kappa shape index (κ3) is 2.70. The molecular formula is C18H26N2O4. The Morgan fingerprint density at radius 2 is 1.46 bits per heavy atom. The molecule has 132 valence electrons. The third-order valence-electron chi connectivity index (χ3n) is 6.65. The maximum atomic E-state index is 12.7. The van der Waals surface area contributed by atoms with Gasteiger partial charge in [-0.2, -0.15) is 0 Å². The summed E-state index contributed by atoms with van der Waals surface area (Å²) in [5.41, 5.74) is 0.126. The van der Waals surface area contributed by atoms with Gasteiger partial charge in [0.15, 0.2) is 0 Å². The number of carboxylic acid groups (broad SMARTS) is 1. The summed E-state index contributed by atoms with van der Waals surface area (Å²) in [6, 6.07) is 0.